The number of hydrogen-bond donors (Lipinski definition) is 1. The van der Waals surface area contributed by atoms with E-state index in [4.69, 9.17) is 16.3 Å². The van der Waals surface area contributed by atoms with Crippen LogP contribution in [0.1, 0.15) is 23.0 Å². The zero-order valence-corrected chi connectivity index (χ0v) is 12.4. The smallest absolute Gasteiger partial charge is 0.259 e. The molecule has 0 aliphatic rings. The van der Waals surface area contributed by atoms with Crippen molar-refractivity contribution < 1.29 is 9.53 Å². The molecule has 0 bridgehead atoms. The zero-order chi connectivity index (χ0) is 14.7. The van der Waals surface area contributed by atoms with Gasteiger partial charge in [-0.1, -0.05) is 11.6 Å². The van der Waals surface area contributed by atoms with Crippen molar-refractivity contribution in [3.8, 4) is 5.75 Å². The van der Waals surface area contributed by atoms with E-state index in [-0.39, 0.29) is 5.91 Å². The van der Waals surface area contributed by atoms with Gasteiger partial charge in [0.1, 0.15) is 5.75 Å². The first-order valence-corrected chi connectivity index (χ1v) is 6.62. The number of nitrogens with one attached hydrogen (secondary N) is 1. The number of aromatic nitrogens is 2. The van der Waals surface area contributed by atoms with Crippen molar-refractivity contribution in [3.63, 3.8) is 0 Å². The Balaban J connectivity index is 2.28. The van der Waals surface area contributed by atoms with Gasteiger partial charge in [-0.15, -0.1) is 0 Å². The lowest BCUT2D eigenvalue weighted by Gasteiger charge is -2.09. The van der Waals surface area contributed by atoms with Crippen molar-refractivity contribution in [2.24, 2.45) is 0 Å². The molecule has 0 spiro atoms. The number of aryl methyl sites for hydroxylation is 1. The maximum atomic E-state index is 12.3. The van der Waals surface area contributed by atoms with E-state index in [1.165, 1.54) is 7.11 Å². The molecule has 0 saturated heterocycles. The second-order valence-corrected chi connectivity index (χ2v) is 4.69. The number of halogens is 1. The van der Waals surface area contributed by atoms with Crippen molar-refractivity contribution in [2.45, 2.75) is 20.4 Å². The van der Waals surface area contributed by atoms with Gasteiger partial charge in [-0.25, -0.2) is 0 Å². The predicted octanol–water partition coefficient (Wildman–Crippen LogP) is 3.13. The van der Waals surface area contributed by atoms with Gasteiger partial charge in [0.05, 0.1) is 30.3 Å². The third kappa shape index (κ3) is 2.77. The maximum Gasteiger partial charge on any atom is 0.259 e. The van der Waals surface area contributed by atoms with E-state index in [0.717, 1.165) is 12.2 Å². The van der Waals surface area contributed by atoms with Crippen molar-refractivity contribution in [3.05, 3.63) is 40.7 Å². The van der Waals surface area contributed by atoms with E-state index >= 15 is 0 Å². The molecule has 6 heteroatoms. The Morgan fingerprint density at radius 2 is 2.25 bits per heavy atom. The molecule has 106 valence electrons. The third-order valence-electron chi connectivity index (χ3n) is 3.06. The summed E-state index contributed by atoms with van der Waals surface area (Å²) in [5.41, 5.74) is 1.98. The van der Waals surface area contributed by atoms with Crippen LogP contribution in [0.4, 0.5) is 5.69 Å². The van der Waals surface area contributed by atoms with Crippen molar-refractivity contribution in [1.82, 2.24) is 9.78 Å². The number of rotatable bonds is 4. The molecule has 0 aliphatic carbocycles. The fourth-order valence-corrected chi connectivity index (χ4v) is 2.11. The molecule has 2 aromatic rings. The Labute approximate surface area is 122 Å². The number of carbonyl (C=O) groups excluding carboxylic acids is 1. The number of carbonyl (C=O) groups is 1. The van der Waals surface area contributed by atoms with E-state index in [0.29, 0.717) is 22.0 Å². The summed E-state index contributed by atoms with van der Waals surface area (Å²) in [7, 11) is 1.51. The summed E-state index contributed by atoms with van der Waals surface area (Å²) in [6.45, 7) is 4.65. The van der Waals surface area contributed by atoms with Crippen LogP contribution in [-0.4, -0.2) is 22.8 Å². The summed E-state index contributed by atoms with van der Waals surface area (Å²) in [5.74, 6) is 0.204. The molecule has 1 amide bonds. The van der Waals surface area contributed by atoms with Crippen molar-refractivity contribution >= 4 is 23.2 Å². The minimum absolute atomic E-state index is 0.275. The first kappa shape index (κ1) is 14.4. The van der Waals surface area contributed by atoms with Crippen molar-refractivity contribution in [1.29, 1.82) is 0 Å². The van der Waals surface area contributed by atoms with Crippen LogP contribution in [0.3, 0.4) is 0 Å². The average molecular weight is 294 g/mol. The molecule has 5 nitrogen and oxygen atoms in total. The number of amides is 1. The molecule has 1 aromatic heterocycles. The lowest BCUT2D eigenvalue weighted by Crippen LogP contribution is -2.14. The standard InChI is InChI=1S/C14H16ClN3O2/c1-4-18-9(2)12(8-16-18)17-14(19)11-7-10(15)5-6-13(11)20-3/h5-8H,4H2,1-3H3,(H,17,19). The van der Waals surface area contributed by atoms with Crippen LogP contribution < -0.4 is 10.1 Å². The summed E-state index contributed by atoms with van der Waals surface area (Å²) in [5, 5.41) is 7.49. The maximum absolute atomic E-state index is 12.3. The molecular weight excluding hydrogens is 278 g/mol. The second kappa shape index (κ2) is 5.96. The van der Waals surface area contributed by atoms with Gasteiger partial charge in [0.25, 0.3) is 5.91 Å². The highest BCUT2D eigenvalue weighted by atomic mass is 35.5. The van der Waals surface area contributed by atoms with Gasteiger partial charge in [-0.2, -0.15) is 5.10 Å². The van der Waals surface area contributed by atoms with E-state index in [9.17, 15) is 4.79 Å². The SMILES string of the molecule is CCn1ncc(NC(=O)c2cc(Cl)ccc2OC)c1C. The third-order valence-corrected chi connectivity index (χ3v) is 3.29. The predicted molar refractivity (Wildman–Crippen MR) is 78.6 cm³/mol. The number of anilines is 1. The first-order valence-electron chi connectivity index (χ1n) is 6.24. The van der Waals surface area contributed by atoms with Crippen LogP contribution in [0.15, 0.2) is 24.4 Å². The summed E-state index contributed by atoms with van der Waals surface area (Å²) < 4.78 is 6.99. The summed E-state index contributed by atoms with van der Waals surface area (Å²) in [6, 6.07) is 4.92. The summed E-state index contributed by atoms with van der Waals surface area (Å²) in [6.07, 6.45) is 1.63. The molecule has 0 atom stereocenters. The quantitative estimate of drug-likeness (QED) is 0.942. The molecule has 0 unspecified atom stereocenters. The highest BCUT2D eigenvalue weighted by Gasteiger charge is 2.15. The Morgan fingerprint density at radius 3 is 2.85 bits per heavy atom. The lowest BCUT2D eigenvalue weighted by molar-refractivity contribution is 0.102. The van der Waals surface area contributed by atoms with Gasteiger partial charge in [0.15, 0.2) is 0 Å². The molecular formula is C14H16ClN3O2. The summed E-state index contributed by atoms with van der Waals surface area (Å²) >= 11 is 5.93. The van der Waals surface area contributed by atoms with Crippen LogP contribution in [0.25, 0.3) is 0 Å². The molecule has 1 aromatic carbocycles. The fraction of sp³-hybridized carbons (Fsp3) is 0.286. The minimum Gasteiger partial charge on any atom is -0.496 e. The van der Waals surface area contributed by atoms with E-state index < -0.39 is 0 Å². The normalized spacial score (nSPS) is 10.4. The van der Waals surface area contributed by atoms with E-state index in [1.54, 1.807) is 24.4 Å². The lowest BCUT2D eigenvalue weighted by atomic mass is 10.2. The Morgan fingerprint density at radius 1 is 1.50 bits per heavy atom. The number of benzene rings is 1. The Kier molecular flexibility index (Phi) is 4.29. The van der Waals surface area contributed by atoms with Crippen LogP contribution in [0, 0.1) is 6.92 Å². The Hall–Kier alpha value is -2.01. The average Bonchev–Trinajstić information content (AvgIpc) is 2.79. The topological polar surface area (TPSA) is 56.2 Å². The van der Waals surface area contributed by atoms with Crippen LogP contribution in [0.2, 0.25) is 5.02 Å². The molecule has 20 heavy (non-hydrogen) atoms. The molecule has 2 rings (SSSR count). The molecule has 1 N–H and O–H groups in total. The van der Waals surface area contributed by atoms with Crippen molar-refractivity contribution in [2.75, 3.05) is 12.4 Å². The van der Waals surface area contributed by atoms with E-state index in [1.807, 2.05) is 18.5 Å². The number of methoxy groups -OCH3 is 1. The van der Waals surface area contributed by atoms with Gasteiger partial charge in [0, 0.05) is 11.6 Å². The van der Waals surface area contributed by atoms with Crippen LogP contribution >= 0.6 is 11.6 Å². The number of nitrogens with zero attached hydrogens (tertiary/aromatic N) is 2. The van der Waals surface area contributed by atoms with Crippen LogP contribution in [0.5, 0.6) is 5.75 Å². The molecule has 0 saturated carbocycles. The molecule has 0 fully saturated rings. The van der Waals surface area contributed by atoms with Gasteiger partial charge in [0.2, 0.25) is 0 Å². The molecule has 0 aliphatic heterocycles. The number of ether oxygens (including phenoxy) is 1. The highest BCUT2D eigenvalue weighted by Crippen LogP contribution is 2.24. The minimum atomic E-state index is -0.275. The van der Waals surface area contributed by atoms with Gasteiger partial charge >= 0.3 is 0 Å². The van der Waals surface area contributed by atoms with Gasteiger partial charge in [-0.05, 0) is 32.0 Å². The largest absolute Gasteiger partial charge is 0.496 e. The second-order valence-electron chi connectivity index (χ2n) is 4.26. The fourth-order valence-electron chi connectivity index (χ4n) is 1.94. The van der Waals surface area contributed by atoms with E-state index in [2.05, 4.69) is 10.4 Å². The van der Waals surface area contributed by atoms with Gasteiger partial charge in [-0.3, -0.25) is 9.48 Å². The zero-order valence-electron chi connectivity index (χ0n) is 11.6. The molecule has 1 heterocycles. The molecule has 0 radical (unpaired) electrons. The van der Waals surface area contributed by atoms with Crippen LogP contribution in [-0.2, 0) is 6.54 Å². The highest BCUT2D eigenvalue weighted by molar-refractivity contribution is 6.31. The number of hydrogen-bond acceptors (Lipinski definition) is 3. The monoisotopic (exact) mass is 293 g/mol. The van der Waals surface area contributed by atoms with Gasteiger partial charge < -0.3 is 10.1 Å². The first-order chi connectivity index (χ1) is 9.56. The Bertz CT molecular complexity index is 637. The summed E-state index contributed by atoms with van der Waals surface area (Å²) in [4.78, 5) is 12.3.